The summed E-state index contributed by atoms with van der Waals surface area (Å²) < 4.78 is 28.3. The van der Waals surface area contributed by atoms with Gasteiger partial charge in [0.2, 0.25) is 0 Å². The number of carbonyl (C=O) groups is 4. The third-order valence-corrected chi connectivity index (χ3v) is 12.6. The number of aliphatic hydroxyl groups is 2. The van der Waals surface area contributed by atoms with Crippen molar-refractivity contribution in [3.8, 4) is 0 Å². The standard InChI is InChI=1S/C69H104O12/c1-4-7-10-13-16-19-22-25-28-30-31-33-36-39-42-45-48-51-54-57-63(72)80-67-65(74)64(73)66(68(75)76)81-69(67)78-59-60(79-62(71)56-53-50-47-44-41-38-34-27-24-21-18-15-12-9-6-3)58-77-61(70)55-52-49-46-43-40-37-35-32-29-26-23-20-17-14-11-8-5-2/h7-12,16-21,25-29,31,33-34,39,41-42,44,48,51,60,64-67,69,73-74H,4-6,13-15,22-24,30,32,35-38,40,43,45-47,49-50,52-59H2,1-3H3,(H,75,76)/b10-7-,11-8-,12-9-,19-16-,20-17-,21-18-,28-25-,29-26-,33-31-,34-27-,42-39-,44-41-,51-48-. The van der Waals surface area contributed by atoms with E-state index in [1.54, 1.807) is 0 Å². The number of unbranched alkanes of at least 4 members (excludes halogenated alkanes) is 9. The zero-order valence-electron chi connectivity index (χ0n) is 49.7. The number of carbonyl (C=O) groups excluding carboxylic acids is 3. The maximum atomic E-state index is 13.2. The van der Waals surface area contributed by atoms with Crippen molar-refractivity contribution in [2.45, 2.75) is 237 Å². The Morgan fingerprint density at radius 1 is 0.407 bits per heavy atom. The van der Waals surface area contributed by atoms with Crippen molar-refractivity contribution in [3.63, 3.8) is 0 Å². The molecule has 1 aliphatic heterocycles. The number of hydrogen-bond donors (Lipinski definition) is 3. The fourth-order valence-corrected chi connectivity index (χ4v) is 8.04. The SMILES string of the molecule is CC/C=C\C/C=C\C/C=C\C/C=C\C/C=C\C/C=C\CCC(=O)OC1C(OCC(COC(=O)CCCCCCCCC/C=C\C/C=C\C/C=C\CC)OC(=O)CCCC/C=C\C/C=C\C/C=C\C/C=C\CC)OC(C(=O)O)C(O)C1O. The maximum absolute atomic E-state index is 13.2. The second-order valence-electron chi connectivity index (χ2n) is 19.8. The predicted molar refractivity (Wildman–Crippen MR) is 330 cm³/mol. The first-order valence-electron chi connectivity index (χ1n) is 30.5. The molecule has 0 radical (unpaired) electrons. The number of aliphatic hydroxyl groups excluding tert-OH is 2. The van der Waals surface area contributed by atoms with Crippen LogP contribution in [-0.2, 0) is 42.9 Å². The van der Waals surface area contributed by atoms with Crippen molar-refractivity contribution in [3.05, 3.63) is 158 Å². The van der Waals surface area contributed by atoms with Crippen LogP contribution in [0, 0.1) is 0 Å². The van der Waals surface area contributed by atoms with Crippen LogP contribution in [-0.4, -0.2) is 89.2 Å². The number of esters is 3. The van der Waals surface area contributed by atoms with E-state index in [2.05, 4.69) is 161 Å². The van der Waals surface area contributed by atoms with Gasteiger partial charge in [-0.3, -0.25) is 14.4 Å². The fraction of sp³-hybridized carbons (Fsp3) is 0.565. The van der Waals surface area contributed by atoms with Gasteiger partial charge in [-0.1, -0.05) is 211 Å². The van der Waals surface area contributed by atoms with Crippen molar-refractivity contribution in [1.29, 1.82) is 0 Å². The predicted octanol–water partition coefficient (Wildman–Crippen LogP) is 16.1. The molecule has 3 N–H and O–H groups in total. The normalized spacial score (nSPS) is 18.9. The summed E-state index contributed by atoms with van der Waals surface area (Å²) in [6.07, 6.45) is 67.9. The van der Waals surface area contributed by atoms with Gasteiger partial charge < -0.3 is 39.0 Å². The van der Waals surface area contributed by atoms with Crippen LogP contribution < -0.4 is 0 Å². The second-order valence-corrected chi connectivity index (χ2v) is 19.8. The summed E-state index contributed by atoms with van der Waals surface area (Å²) in [5.74, 6) is -3.33. The number of carboxylic acids is 1. The molecule has 0 spiro atoms. The molecule has 1 rings (SSSR count). The number of ether oxygens (including phenoxy) is 5. The molecule has 12 nitrogen and oxygen atoms in total. The average molecular weight is 1130 g/mol. The van der Waals surface area contributed by atoms with Crippen LogP contribution in [0.1, 0.15) is 201 Å². The van der Waals surface area contributed by atoms with Gasteiger partial charge in [-0.15, -0.1) is 0 Å². The molecular formula is C69H104O12. The Morgan fingerprint density at radius 3 is 1.20 bits per heavy atom. The van der Waals surface area contributed by atoms with Crippen molar-refractivity contribution in [2.75, 3.05) is 13.2 Å². The average Bonchev–Trinajstić information content (AvgIpc) is 3.54. The molecule has 0 amide bonds. The highest BCUT2D eigenvalue weighted by molar-refractivity contribution is 5.74. The smallest absolute Gasteiger partial charge is 0.335 e. The summed E-state index contributed by atoms with van der Waals surface area (Å²) in [6, 6.07) is 0. The van der Waals surface area contributed by atoms with Gasteiger partial charge in [0.05, 0.1) is 6.61 Å². The highest BCUT2D eigenvalue weighted by Crippen LogP contribution is 2.26. The maximum Gasteiger partial charge on any atom is 0.335 e. The Morgan fingerprint density at radius 2 is 0.765 bits per heavy atom. The summed E-state index contributed by atoms with van der Waals surface area (Å²) in [4.78, 5) is 51.2. The molecule has 0 bridgehead atoms. The summed E-state index contributed by atoms with van der Waals surface area (Å²) in [7, 11) is 0. The first-order chi connectivity index (χ1) is 39.6. The lowest BCUT2D eigenvalue weighted by atomic mass is 9.98. The molecule has 81 heavy (non-hydrogen) atoms. The summed E-state index contributed by atoms with van der Waals surface area (Å²) >= 11 is 0. The van der Waals surface area contributed by atoms with Crippen LogP contribution in [0.5, 0.6) is 0 Å². The van der Waals surface area contributed by atoms with Crippen molar-refractivity contribution < 1.29 is 58.2 Å². The molecule has 0 aromatic rings. The van der Waals surface area contributed by atoms with E-state index in [0.717, 1.165) is 135 Å². The molecule has 1 aliphatic rings. The van der Waals surface area contributed by atoms with E-state index in [1.165, 1.54) is 0 Å². The van der Waals surface area contributed by atoms with Crippen molar-refractivity contribution in [2.24, 2.45) is 0 Å². The molecular weight excluding hydrogens is 1020 g/mol. The molecule has 452 valence electrons. The van der Waals surface area contributed by atoms with E-state index in [9.17, 15) is 34.5 Å². The third kappa shape index (κ3) is 44.7. The largest absolute Gasteiger partial charge is 0.479 e. The second kappa shape index (κ2) is 54.9. The van der Waals surface area contributed by atoms with Gasteiger partial charge >= 0.3 is 23.9 Å². The lowest BCUT2D eigenvalue weighted by Gasteiger charge is -2.40. The van der Waals surface area contributed by atoms with Crippen LogP contribution in [0.3, 0.4) is 0 Å². The van der Waals surface area contributed by atoms with Gasteiger partial charge in [-0.2, -0.15) is 0 Å². The Kier molecular flexibility index (Phi) is 49.7. The Bertz CT molecular complexity index is 2010. The van der Waals surface area contributed by atoms with Gasteiger partial charge in [-0.25, -0.2) is 4.79 Å². The van der Waals surface area contributed by atoms with Crippen molar-refractivity contribution in [1.82, 2.24) is 0 Å². The number of allylic oxidation sites excluding steroid dienone is 26. The first-order valence-corrected chi connectivity index (χ1v) is 30.5. The highest BCUT2D eigenvalue weighted by Gasteiger charge is 2.50. The molecule has 6 unspecified atom stereocenters. The van der Waals surface area contributed by atoms with Crippen LogP contribution in [0.2, 0.25) is 0 Å². The van der Waals surface area contributed by atoms with E-state index < -0.39 is 67.3 Å². The molecule has 1 saturated heterocycles. The molecule has 0 aliphatic carbocycles. The summed E-state index contributed by atoms with van der Waals surface area (Å²) in [5.41, 5.74) is 0. The summed E-state index contributed by atoms with van der Waals surface area (Å²) in [5, 5.41) is 31.5. The van der Waals surface area contributed by atoms with E-state index in [1.807, 2.05) is 18.2 Å². The fourth-order valence-electron chi connectivity index (χ4n) is 8.04. The first kappa shape index (κ1) is 73.4. The zero-order chi connectivity index (χ0) is 58.9. The Labute approximate surface area is 488 Å². The summed E-state index contributed by atoms with van der Waals surface area (Å²) in [6.45, 7) is 5.56. The lowest BCUT2D eigenvalue weighted by Crippen LogP contribution is -2.61. The lowest BCUT2D eigenvalue weighted by molar-refractivity contribution is -0.301. The van der Waals surface area contributed by atoms with E-state index >= 15 is 0 Å². The van der Waals surface area contributed by atoms with Gasteiger partial charge in [0.15, 0.2) is 24.6 Å². The number of aliphatic carboxylic acids is 1. The van der Waals surface area contributed by atoms with Crippen LogP contribution in [0.4, 0.5) is 0 Å². The number of carboxylic acid groups (broad SMARTS) is 1. The van der Waals surface area contributed by atoms with Gasteiger partial charge in [0.25, 0.3) is 0 Å². The molecule has 1 heterocycles. The third-order valence-electron chi connectivity index (χ3n) is 12.6. The minimum Gasteiger partial charge on any atom is -0.479 e. The van der Waals surface area contributed by atoms with Gasteiger partial charge in [-0.05, 0) is 128 Å². The molecule has 0 aromatic heterocycles. The monoisotopic (exact) mass is 1120 g/mol. The highest BCUT2D eigenvalue weighted by atomic mass is 16.7. The van der Waals surface area contributed by atoms with Gasteiger partial charge in [0, 0.05) is 19.3 Å². The minimum atomic E-state index is -1.95. The van der Waals surface area contributed by atoms with Crippen LogP contribution >= 0.6 is 0 Å². The Balaban J connectivity index is 2.77. The molecule has 6 atom stereocenters. The minimum absolute atomic E-state index is 0.0801. The van der Waals surface area contributed by atoms with Crippen LogP contribution in [0.25, 0.3) is 0 Å². The topological polar surface area (TPSA) is 175 Å². The molecule has 0 aromatic carbocycles. The zero-order valence-corrected chi connectivity index (χ0v) is 49.7. The molecule has 0 saturated carbocycles. The quantitative estimate of drug-likeness (QED) is 0.0228. The van der Waals surface area contributed by atoms with Gasteiger partial charge in [0.1, 0.15) is 18.8 Å². The van der Waals surface area contributed by atoms with E-state index in [-0.39, 0.29) is 25.9 Å². The number of rotatable bonds is 49. The van der Waals surface area contributed by atoms with E-state index in [4.69, 9.17) is 23.7 Å². The molecule has 12 heteroatoms. The number of hydrogen-bond acceptors (Lipinski definition) is 11. The van der Waals surface area contributed by atoms with Crippen molar-refractivity contribution >= 4 is 23.9 Å². The van der Waals surface area contributed by atoms with Crippen LogP contribution in [0.15, 0.2) is 158 Å². The molecule has 1 fully saturated rings. The van der Waals surface area contributed by atoms with E-state index in [0.29, 0.717) is 25.7 Å². The Hall–Kier alpha value is -5.66.